The second-order valence-electron chi connectivity index (χ2n) is 6.85. The van der Waals surface area contributed by atoms with E-state index in [0.29, 0.717) is 17.3 Å². The predicted octanol–water partition coefficient (Wildman–Crippen LogP) is 6.42. The quantitative estimate of drug-likeness (QED) is 0.380. The van der Waals surface area contributed by atoms with Gasteiger partial charge in [-0.2, -0.15) is 0 Å². The third-order valence-electron chi connectivity index (χ3n) is 4.70. The number of aromatic nitrogens is 1. The second-order valence-corrected chi connectivity index (χ2v) is 6.85. The topological polar surface area (TPSA) is 46.5 Å². The number of fused-ring (bicyclic) bond motifs is 3. The normalized spacial score (nSPS) is 12.1. The van der Waals surface area contributed by atoms with Crippen molar-refractivity contribution < 1.29 is 13.5 Å². The smallest absolute Gasteiger partial charge is 0.228 e. The first-order chi connectivity index (χ1) is 14.1. The number of ether oxygens (including phenoxy) is 1. The van der Waals surface area contributed by atoms with Crippen molar-refractivity contribution in [3.8, 4) is 11.6 Å². The molecule has 4 aromatic rings. The third-order valence-corrected chi connectivity index (χ3v) is 4.70. The Morgan fingerprint density at radius 3 is 2.76 bits per heavy atom. The van der Waals surface area contributed by atoms with E-state index in [4.69, 9.17) is 4.74 Å². The van der Waals surface area contributed by atoms with Gasteiger partial charge in [0.25, 0.3) is 0 Å². The summed E-state index contributed by atoms with van der Waals surface area (Å²) in [4.78, 5) is 9.11. The van der Waals surface area contributed by atoms with Gasteiger partial charge in [-0.05, 0) is 61.0 Å². The zero-order chi connectivity index (χ0) is 20.0. The van der Waals surface area contributed by atoms with Gasteiger partial charge in [0.15, 0.2) is 17.4 Å². The van der Waals surface area contributed by atoms with Crippen LogP contribution in [0.5, 0.6) is 11.6 Å². The standard InChI is InChI=1S/C23H15F2N3O/c1-13-5-8-21-20(9-13)26-12-15-10-14-11-16(6-7-18(14)28-23(15)29-21)27-19-4-2-3-17(24)22(19)25/h2-12,27H,1H3. The van der Waals surface area contributed by atoms with Gasteiger partial charge < -0.3 is 10.1 Å². The van der Waals surface area contributed by atoms with E-state index in [-0.39, 0.29) is 5.69 Å². The van der Waals surface area contributed by atoms with Crippen LogP contribution in [0.2, 0.25) is 0 Å². The number of benzene rings is 3. The van der Waals surface area contributed by atoms with Gasteiger partial charge in [-0.15, -0.1) is 0 Å². The molecule has 0 aliphatic carbocycles. The Balaban J connectivity index is 1.54. The van der Waals surface area contributed by atoms with Crippen LogP contribution >= 0.6 is 0 Å². The molecule has 142 valence electrons. The Labute approximate surface area is 165 Å². The van der Waals surface area contributed by atoms with Gasteiger partial charge in [0, 0.05) is 17.3 Å². The van der Waals surface area contributed by atoms with Crippen LogP contribution < -0.4 is 10.1 Å². The minimum atomic E-state index is -0.916. The molecule has 6 heteroatoms. The molecule has 3 aromatic carbocycles. The van der Waals surface area contributed by atoms with Crippen LogP contribution in [-0.2, 0) is 0 Å². The van der Waals surface area contributed by atoms with E-state index in [2.05, 4.69) is 15.3 Å². The molecule has 29 heavy (non-hydrogen) atoms. The van der Waals surface area contributed by atoms with Crippen molar-refractivity contribution >= 4 is 34.2 Å². The molecular formula is C23H15F2N3O. The molecule has 0 bridgehead atoms. The largest absolute Gasteiger partial charge is 0.436 e. The first-order valence-corrected chi connectivity index (χ1v) is 9.05. The van der Waals surface area contributed by atoms with Crippen molar-refractivity contribution in [2.24, 2.45) is 4.99 Å². The third kappa shape index (κ3) is 3.18. The molecule has 5 rings (SSSR count). The molecule has 1 aliphatic rings. The van der Waals surface area contributed by atoms with Gasteiger partial charge in [-0.25, -0.2) is 13.8 Å². The zero-order valence-electron chi connectivity index (χ0n) is 15.4. The number of rotatable bonds is 2. The van der Waals surface area contributed by atoms with Crippen LogP contribution in [0, 0.1) is 18.6 Å². The number of nitrogens with zero attached hydrogens (tertiary/aromatic N) is 2. The summed E-state index contributed by atoms with van der Waals surface area (Å²) >= 11 is 0. The fourth-order valence-corrected chi connectivity index (χ4v) is 3.24. The summed E-state index contributed by atoms with van der Waals surface area (Å²) in [7, 11) is 0. The maximum Gasteiger partial charge on any atom is 0.228 e. The lowest BCUT2D eigenvalue weighted by atomic mass is 10.1. The van der Waals surface area contributed by atoms with Crippen molar-refractivity contribution in [1.29, 1.82) is 0 Å². The Kier molecular flexibility index (Phi) is 3.98. The number of pyridine rings is 1. The number of hydrogen-bond donors (Lipinski definition) is 1. The van der Waals surface area contributed by atoms with E-state index >= 15 is 0 Å². The molecule has 0 fully saturated rings. The maximum atomic E-state index is 13.9. The lowest BCUT2D eigenvalue weighted by Gasteiger charge is -2.11. The van der Waals surface area contributed by atoms with E-state index in [9.17, 15) is 8.78 Å². The molecule has 0 radical (unpaired) electrons. The van der Waals surface area contributed by atoms with E-state index in [1.165, 1.54) is 12.1 Å². The summed E-state index contributed by atoms with van der Waals surface area (Å²) in [5.41, 5.74) is 3.99. The van der Waals surface area contributed by atoms with Crippen LogP contribution in [0.25, 0.3) is 10.9 Å². The molecule has 1 aliphatic heterocycles. The Hall–Kier alpha value is -3.80. The van der Waals surface area contributed by atoms with Crippen molar-refractivity contribution in [2.75, 3.05) is 5.32 Å². The highest BCUT2D eigenvalue weighted by Crippen LogP contribution is 2.37. The average molecular weight is 387 g/mol. The van der Waals surface area contributed by atoms with Crippen molar-refractivity contribution in [1.82, 2.24) is 4.98 Å². The van der Waals surface area contributed by atoms with Crippen LogP contribution in [0.15, 0.2) is 65.7 Å². The number of aliphatic imine (C=N–C) groups is 1. The molecule has 0 amide bonds. The lowest BCUT2D eigenvalue weighted by molar-refractivity contribution is 0.467. The maximum absolute atomic E-state index is 13.9. The molecule has 1 aromatic heterocycles. The van der Waals surface area contributed by atoms with Crippen molar-refractivity contribution in [3.63, 3.8) is 0 Å². The fraction of sp³-hybridized carbons (Fsp3) is 0.0435. The summed E-state index contributed by atoms with van der Waals surface area (Å²) in [5, 5.41) is 3.73. The van der Waals surface area contributed by atoms with Gasteiger partial charge in [0.05, 0.1) is 16.8 Å². The van der Waals surface area contributed by atoms with Crippen molar-refractivity contribution in [2.45, 2.75) is 6.92 Å². The molecule has 0 saturated carbocycles. The summed E-state index contributed by atoms with van der Waals surface area (Å²) < 4.78 is 33.4. The van der Waals surface area contributed by atoms with E-state index < -0.39 is 11.6 Å². The number of aryl methyl sites for hydroxylation is 1. The van der Waals surface area contributed by atoms with Crippen LogP contribution in [0.3, 0.4) is 0 Å². The summed E-state index contributed by atoms with van der Waals surface area (Å²) in [6.45, 7) is 2.00. The Bertz CT molecular complexity index is 1300. The minimum Gasteiger partial charge on any atom is -0.436 e. The van der Waals surface area contributed by atoms with Crippen LogP contribution in [0.1, 0.15) is 11.1 Å². The number of hydrogen-bond acceptors (Lipinski definition) is 4. The van der Waals surface area contributed by atoms with Gasteiger partial charge in [-0.1, -0.05) is 12.1 Å². The summed E-state index contributed by atoms with van der Waals surface area (Å²) in [6, 6.07) is 17.1. The highest BCUT2D eigenvalue weighted by Gasteiger charge is 2.15. The molecule has 4 nitrogen and oxygen atoms in total. The highest BCUT2D eigenvalue weighted by molar-refractivity contribution is 5.94. The Morgan fingerprint density at radius 1 is 0.966 bits per heavy atom. The molecule has 2 heterocycles. The van der Waals surface area contributed by atoms with Gasteiger partial charge >= 0.3 is 0 Å². The highest BCUT2D eigenvalue weighted by atomic mass is 19.2. The predicted molar refractivity (Wildman–Crippen MR) is 110 cm³/mol. The van der Waals surface area contributed by atoms with Gasteiger partial charge in [-0.3, -0.25) is 4.99 Å². The minimum absolute atomic E-state index is 0.0720. The molecule has 0 saturated heterocycles. The first-order valence-electron chi connectivity index (χ1n) is 9.05. The first kappa shape index (κ1) is 17.3. The Morgan fingerprint density at radius 2 is 1.86 bits per heavy atom. The number of anilines is 2. The molecule has 0 unspecified atom stereocenters. The zero-order valence-corrected chi connectivity index (χ0v) is 15.4. The second kappa shape index (κ2) is 6.67. The summed E-state index contributed by atoms with van der Waals surface area (Å²) in [6.07, 6.45) is 1.72. The van der Waals surface area contributed by atoms with Crippen LogP contribution in [0.4, 0.5) is 25.8 Å². The SMILES string of the molecule is Cc1ccc2c(c1)N=Cc1cc3cc(Nc4cccc(F)c4F)ccc3nc1O2. The molecular weight excluding hydrogens is 372 g/mol. The molecule has 1 N–H and O–H groups in total. The van der Waals surface area contributed by atoms with Crippen LogP contribution in [-0.4, -0.2) is 11.2 Å². The number of nitrogens with one attached hydrogen (secondary N) is 1. The van der Waals surface area contributed by atoms with Crippen molar-refractivity contribution in [3.05, 3.63) is 83.4 Å². The lowest BCUT2D eigenvalue weighted by Crippen LogP contribution is -1.97. The van der Waals surface area contributed by atoms with E-state index in [1.807, 2.05) is 37.3 Å². The monoisotopic (exact) mass is 387 g/mol. The fourth-order valence-electron chi connectivity index (χ4n) is 3.24. The van der Waals surface area contributed by atoms with Gasteiger partial charge in [0.2, 0.25) is 5.88 Å². The molecule has 0 spiro atoms. The van der Waals surface area contributed by atoms with E-state index in [0.717, 1.165) is 33.8 Å². The summed E-state index contributed by atoms with van der Waals surface area (Å²) in [5.74, 6) is -0.690. The number of halogens is 2. The van der Waals surface area contributed by atoms with Gasteiger partial charge in [0.1, 0.15) is 5.69 Å². The van der Waals surface area contributed by atoms with E-state index in [1.54, 1.807) is 18.3 Å². The average Bonchev–Trinajstić information content (AvgIpc) is 2.88. The molecule has 0 atom stereocenters.